The van der Waals surface area contributed by atoms with Crippen LogP contribution in [0.2, 0.25) is 0 Å². The van der Waals surface area contributed by atoms with E-state index in [1.165, 1.54) is 5.56 Å². The first kappa shape index (κ1) is 11.2. The number of H-pyrrole nitrogens is 1. The molecule has 18 heavy (non-hydrogen) atoms. The maximum Gasteiger partial charge on any atom is 0.183 e. The molecule has 0 bridgehead atoms. The van der Waals surface area contributed by atoms with Gasteiger partial charge in [-0.2, -0.15) is 0 Å². The molecular formula is C14H13N3S. The minimum atomic E-state index is 0.675. The van der Waals surface area contributed by atoms with Gasteiger partial charge in [-0.25, -0.2) is 4.98 Å². The molecule has 0 saturated heterocycles. The SMILES string of the molecule is Cc1cccc(-n2c(=S)[nH]c3cc(C)cnc32)c1. The summed E-state index contributed by atoms with van der Waals surface area (Å²) in [6, 6.07) is 10.3. The van der Waals surface area contributed by atoms with Crippen LogP contribution in [0.3, 0.4) is 0 Å². The van der Waals surface area contributed by atoms with Gasteiger partial charge in [-0.05, 0) is 55.4 Å². The molecule has 0 radical (unpaired) electrons. The van der Waals surface area contributed by atoms with Gasteiger partial charge < -0.3 is 4.98 Å². The number of fused-ring (bicyclic) bond motifs is 1. The van der Waals surface area contributed by atoms with Crippen LogP contribution in [0.25, 0.3) is 16.9 Å². The number of nitrogens with one attached hydrogen (secondary N) is 1. The van der Waals surface area contributed by atoms with Crippen LogP contribution in [0.15, 0.2) is 36.5 Å². The molecule has 1 aromatic carbocycles. The Morgan fingerprint density at radius 1 is 1.17 bits per heavy atom. The molecule has 3 aromatic rings. The van der Waals surface area contributed by atoms with Crippen molar-refractivity contribution in [1.82, 2.24) is 14.5 Å². The van der Waals surface area contributed by atoms with Crippen molar-refractivity contribution in [2.75, 3.05) is 0 Å². The highest BCUT2D eigenvalue weighted by atomic mass is 32.1. The number of imidazole rings is 1. The van der Waals surface area contributed by atoms with Crippen molar-refractivity contribution in [1.29, 1.82) is 0 Å². The average molecular weight is 255 g/mol. The second-order valence-electron chi connectivity index (χ2n) is 4.49. The number of pyridine rings is 1. The monoisotopic (exact) mass is 255 g/mol. The quantitative estimate of drug-likeness (QED) is 0.673. The molecule has 0 aliphatic rings. The number of rotatable bonds is 1. The van der Waals surface area contributed by atoms with E-state index >= 15 is 0 Å². The van der Waals surface area contributed by atoms with Crippen LogP contribution in [0.4, 0.5) is 0 Å². The summed E-state index contributed by atoms with van der Waals surface area (Å²) < 4.78 is 2.64. The van der Waals surface area contributed by atoms with E-state index in [-0.39, 0.29) is 0 Å². The van der Waals surface area contributed by atoms with Crippen LogP contribution in [-0.2, 0) is 0 Å². The fourth-order valence-corrected chi connectivity index (χ4v) is 2.41. The van der Waals surface area contributed by atoms with Crippen LogP contribution in [0, 0.1) is 18.6 Å². The third-order valence-corrected chi connectivity index (χ3v) is 3.20. The zero-order valence-electron chi connectivity index (χ0n) is 10.3. The maximum atomic E-state index is 5.39. The van der Waals surface area contributed by atoms with Crippen molar-refractivity contribution in [2.45, 2.75) is 13.8 Å². The van der Waals surface area contributed by atoms with Gasteiger partial charge in [0.25, 0.3) is 0 Å². The lowest BCUT2D eigenvalue weighted by Crippen LogP contribution is -1.95. The summed E-state index contributed by atoms with van der Waals surface area (Å²) in [5, 5.41) is 0. The Morgan fingerprint density at radius 2 is 2.00 bits per heavy atom. The first-order chi connectivity index (χ1) is 8.65. The lowest BCUT2D eigenvalue weighted by atomic mass is 10.2. The van der Waals surface area contributed by atoms with Crippen molar-refractivity contribution in [2.24, 2.45) is 0 Å². The molecule has 0 amide bonds. The number of hydrogen-bond acceptors (Lipinski definition) is 2. The molecule has 0 atom stereocenters. The molecule has 0 fully saturated rings. The van der Waals surface area contributed by atoms with Gasteiger partial charge in [0.1, 0.15) is 0 Å². The third-order valence-electron chi connectivity index (χ3n) is 2.92. The van der Waals surface area contributed by atoms with E-state index in [0.29, 0.717) is 4.77 Å². The van der Waals surface area contributed by atoms with Crippen LogP contribution < -0.4 is 0 Å². The van der Waals surface area contributed by atoms with Crippen molar-refractivity contribution >= 4 is 23.4 Å². The van der Waals surface area contributed by atoms with Crippen LogP contribution in [-0.4, -0.2) is 14.5 Å². The third kappa shape index (κ3) is 1.75. The second-order valence-corrected chi connectivity index (χ2v) is 4.88. The molecule has 3 rings (SSSR count). The Hall–Kier alpha value is -1.94. The molecule has 1 N–H and O–H groups in total. The fourth-order valence-electron chi connectivity index (χ4n) is 2.11. The molecule has 90 valence electrons. The van der Waals surface area contributed by atoms with Crippen LogP contribution in [0.5, 0.6) is 0 Å². The largest absolute Gasteiger partial charge is 0.329 e. The normalized spacial score (nSPS) is 11.0. The Bertz CT molecular complexity index is 783. The number of benzene rings is 1. The number of aryl methyl sites for hydroxylation is 2. The summed E-state index contributed by atoms with van der Waals surface area (Å²) >= 11 is 5.39. The predicted octanol–water partition coefficient (Wildman–Crippen LogP) is 3.70. The van der Waals surface area contributed by atoms with Crippen molar-refractivity contribution in [3.05, 3.63) is 52.4 Å². The Kier molecular flexibility index (Phi) is 2.52. The summed E-state index contributed by atoms with van der Waals surface area (Å²) in [6.45, 7) is 4.09. The minimum absolute atomic E-state index is 0.675. The Morgan fingerprint density at radius 3 is 2.78 bits per heavy atom. The molecular weight excluding hydrogens is 242 g/mol. The van der Waals surface area contributed by atoms with Crippen LogP contribution >= 0.6 is 12.2 Å². The highest BCUT2D eigenvalue weighted by Gasteiger charge is 2.07. The van der Waals surface area contributed by atoms with Crippen molar-refractivity contribution < 1.29 is 0 Å². The molecule has 0 spiro atoms. The number of nitrogens with zero attached hydrogens (tertiary/aromatic N) is 2. The fraction of sp³-hybridized carbons (Fsp3) is 0.143. The zero-order valence-corrected chi connectivity index (χ0v) is 11.1. The van der Waals surface area contributed by atoms with E-state index < -0.39 is 0 Å². The van der Waals surface area contributed by atoms with E-state index in [9.17, 15) is 0 Å². The lowest BCUT2D eigenvalue weighted by molar-refractivity contribution is 1.04. The standard InChI is InChI=1S/C14H13N3S/c1-9-4-3-5-11(6-9)17-13-12(16-14(17)18)7-10(2)8-15-13/h3-8H,1-2H3,(H,16,18). The predicted molar refractivity (Wildman–Crippen MR) is 75.7 cm³/mol. The average Bonchev–Trinajstić information content (AvgIpc) is 2.64. The van der Waals surface area contributed by atoms with Gasteiger partial charge in [0.2, 0.25) is 0 Å². The van der Waals surface area contributed by atoms with Gasteiger partial charge >= 0.3 is 0 Å². The summed E-state index contributed by atoms with van der Waals surface area (Å²) in [5.41, 5.74) is 5.21. The topological polar surface area (TPSA) is 33.6 Å². The molecule has 0 aliphatic heterocycles. The summed E-state index contributed by atoms with van der Waals surface area (Å²) in [6.07, 6.45) is 1.86. The van der Waals surface area contributed by atoms with E-state index in [1.54, 1.807) is 0 Å². The molecule has 0 aliphatic carbocycles. The Labute approximate surface area is 110 Å². The van der Waals surface area contributed by atoms with Gasteiger partial charge in [0.15, 0.2) is 10.4 Å². The summed E-state index contributed by atoms with van der Waals surface area (Å²) in [7, 11) is 0. The summed E-state index contributed by atoms with van der Waals surface area (Å²) in [5.74, 6) is 0. The van der Waals surface area contributed by atoms with Gasteiger partial charge in [-0.1, -0.05) is 12.1 Å². The van der Waals surface area contributed by atoms with Gasteiger partial charge in [0.05, 0.1) is 11.2 Å². The molecule has 0 unspecified atom stereocenters. The van der Waals surface area contributed by atoms with Gasteiger partial charge in [-0.15, -0.1) is 0 Å². The molecule has 0 saturated carbocycles. The highest BCUT2D eigenvalue weighted by molar-refractivity contribution is 7.71. The number of aromatic amines is 1. The van der Waals surface area contributed by atoms with Crippen molar-refractivity contribution in [3.63, 3.8) is 0 Å². The number of hydrogen-bond donors (Lipinski definition) is 1. The summed E-state index contributed by atoms with van der Waals surface area (Å²) in [4.78, 5) is 7.67. The molecule has 2 aromatic heterocycles. The van der Waals surface area contributed by atoms with E-state index in [0.717, 1.165) is 22.4 Å². The second kappa shape index (κ2) is 4.07. The molecule has 2 heterocycles. The lowest BCUT2D eigenvalue weighted by Gasteiger charge is -2.04. The Balaban J connectivity index is 2.35. The van der Waals surface area contributed by atoms with E-state index in [1.807, 2.05) is 29.8 Å². The van der Waals surface area contributed by atoms with Gasteiger partial charge in [0, 0.05) is 6.20 Å². The first-order valence-corrected chi connectivity index (χ1v) is 6.20. The van der Waals surface area contributed by atoms with E-state index in [2.05, 4.69) is 35.1 Å². The highest BCUT2D eigenvalue weighted by Crippen LogP contribution is 2.19. The van der Waals surface area contributed by atoms with Gasteiger partial charge in [-0.3, -0.25) is 4.57 Å². The first-order valence-electron chi connectivity index (χ1n) is 5.79. The number of aromatic nitrogens is 3. The zero-order chi connectivity index (χ0) is 12.7. The van der Waals surface area contributed by atoms with E-state index in [4.69, 9.17) is 12.2 Å². The maximum absolute atomic E-state index is 5.39. The molecule has 3 nitrogen and oxygen atoms in total. The van der Waals surface area contributed by atoms with Crippen LogP contribution in [0.1, 0.15) is 11.1 Å². The van der Waals surface area contributed by atoms with Crippen molar-refractivity contribution in [3.8, 4) is 5.69 Å². The smallest absolute Gasteiger partial charge is 0.183 e. The minimum Gasteiger partial charge on any atom is -0.329 e. The molecule has 4 heteroatoms.